The second-order valence-electron chi connectivity index (χ2n) is 9.56. The molecular formula is C27H55N5O2. The van der Waals surface area contributed by atoms with Gasteiger partial charge in [-0.25, -0.2) is 0 Å². The van der Waals surface area contributed by atoms with Gasteiger partial charge in [0.1, 0.15) is 6.04 Å². The average Bonchev–Trinajstić information content (AvgIpc) is 2.81. The molecule has 0 aromatic heterocycles. The molecule has 0 aromatic rings. The number of nitrogens with one attached hydrogen (secondary N) is 2. The highest BCUT2D eigenvalue weighted by Gasteiger charge is 2.19. The molecular weight excluding hydrogens is 426 g/mol. The molecule has 1 atom stereocenters. The molecule has 0 radical (unpaired) electrons. The molecule has 2 amide bonds. The van der Waals surface area contributed by atoms with Crippen LogP contribution in [-0.2, 0) is 9.59 Å². The third kappa shape index (κ3) is 22.0. The first-order valence-corrected chi connectivity index (χ1v) is 14.1. The van der Waals surface area contributed by atoms with Crippen molar-refractivity contribution in [1.82, 2.24) is 10.6 Å². The standard InChI is InChI=1S/C27H55N5O2/c1-3-5-7-9-11-13-15-18-22-30-26(34)24(20-17-19-23-31-27(28)29)32-25(33)21-16-14-12-10-8-6-4-2/h24H,3-23H2,1-2H3,(H,30,34)(H,32,33)(H4,28,29,31). The van der Waals surface area contributed by atoms with E-state index in [2.05, 4.69) is 29.5 Å². The molecule has 0 bridgehead atoms. The van der Waals surface area contributed by atoms with Gasteiger partial charge in [0, 0.05) is 19.5 Å². The van der Waals surface area contributed by atoms with Crippen molar-refractivity contribution in [3.05, 3.63) is 0 Å². The fourth-order valence-corrected chi connectivity index (χ4v) is 4.04. The van der Waals surface area contributed by atoms with Crippen LogP contribution >= 0.6 is 0 Å². The minimum Gasteiger partial charge on any atom is -0.370 e. The molecule has 0 aromatic carbocycles. The zero-order chi connectivity index (χ0) is 25.3. The lowest BCUT2D eigenvalue weighted by Crippen LogP contribution is -2.47. The van der Waals surface area contributed by atoms with Gasteiger partial charge in [-0.15, -0.1) is 0 Å². The topological polar surface area (TPSA) is 123 Å². The Morgan fingerprint density at radius 1 is 0.706 bits per heavy atom. The SMILES string of the molecule is CCCCCCCCCCNC(=O)C(CCCCN=C(N)N)NC(=O)CCCCCCCCC. The maximum atomic E-state index is 12.7. The number of nitrogens with zero attached hydrogens (tertiary/aromatic N) is 1. The maximum absolute atomic E-state index is 12.7. The summed E-state index contributed by atoms with van der Waals surface area (Å²) in [6.07, 6.45) is 20.7. The Kier molecular flexibility index (Phi) is 23.1. The highest BCUT2D eigenvalue weighted by molar-refractivity contribution is 5.87. The van der Waals surface area contributed by atoms with E-state index in [1.165, 1.54) is 70.6 Å². The molecule has 0 heterocycles. The molecule has 34 heavy (non-hydrogen) atoms. The summed E-state index contributed by atoms with van der Waals surface area (Å²) in [5.74, 6) is -0.00892. The van der Waals surface area contributed by atoms with Gasteiger partial charge in [-0.2, -0.15) is 0 Å². The van der Waals surface area contributed by atoms with E-state index in [-0.39, 0.29) is 17.8 Å². The first-order valence-electron chi connectivity index (χ1n) is 14.1. The Bertz CT molecular complexity index is 521. The van der Waals surface area contributed by atoms with E-state index < -0.39 is 6.04 Å². The number of carbonyl (C=O) groups excluding carboxylic acids is 2. The van der Waals surface area contributed by atoms with Gasteiger partial charge in [-0.1, -0.05) is 97.3 Å². The van der Waals surface area contributed by atoms with Crippen LogP contribution in [0.1, 0.15) is 136 Å². The molecule has 200 valence electrons. The lowest BCUT2D eigenvalue weighted by molar-refractivity contribution is -0.129. The lowest BCUT2D eigenvalue weighted by Gasteiger charge is -2.18. The van der Waals surface area contributed by atoms with Crippen molar-refractivity contribution in [2.45, 2.75) is 142 Å². The number of amides is 2. The van der Waals surface area contributed by atoms with Crippen molar-refractivity contribution >= 4 is 17.8 Å². The van der Waals surface area contributed by atoms with E-state index >= 15 is 0 Å². The van der Waals surface area contributed by atoms with E-state index in [4.69, 9.17) is 11.5 Å². The van der Waals surface area contributed by atoms with Crippen LogP contribution in [-0.4, -0.2) is 36.9 Å². The Balaban J connectivity index is 4.25. The molecule has 7 nitrogen and oxygen atoms in total. The van der Waals surface area contributed by atoms with Crippen molar-refractivity contribution in [2.75, 3.05) is 13.1 Å². The molecule has 7 heteroatoms. The summed E-state index contributed by atoms with van der Waals surface area (Å²) in [6, 6.07) is -0.481. The summed E-state index contributed by atoms with van der Waals surface area (Å²) >= 11 is 0. The van der Waals surface area contributed by atoms with Gasteiger partial charge < -0.3 is 22.1 Å². The fourth-order valence-electron chi connectivity index (χ4n) is 4.04. The van der Waals surface area contributed by atoms with Crippen molar-refractivity contribution in [3.8, 4) is 0 Å². The molecule has 0 aliphatic rings. The van der Waals surface area contributed by atoms with E-state index in [0.29, 0.717) is 25.9 Å². The zero-order valence-corrected chi connectivity index (χ0v) is 22.3. The predicted molar refractivity (Wildman–Crippen MR) is 145 cm³/mol. The van der Waals surface area contributed by atoms with Gasteiger partial charge in [0.15, 0.2) is 5.96 Å². The number of aliphatic imine (C=N–C) groups is 1. The van der Waals surface area contributed by atoms with Crippen LogP contribution in [0.25, 0.3) is 0 Å². The van der Waals surface area contributed by atoms with Crippen LogP contribution in [0.3, 0.4) is 0 Å². The largest absolute Gasteiger partial charge is 0.370 e. The van der Waals surface area contributed by atoms with E-state index in [0.717, 1.165) is 38.5 Å². The van der Waals surface area contributed by atoms with Crippen LogP contribution < -0.4 is 22.1 Å². The first-order chi connectivity index (χ1) is 16.5. The van der Waals surface area contributed by atoms with Crippen LogP contribution in [0.5, 0.6) is 0 Å². The van der Waals surface area contributed by atoms with Crippen molar-refractivity contribution in [2.24, 2.45) is 16.5 Å². The van der Waals surface area contributed by atoms with E-state index in [1.54, 1.807) is 0 Å². The van der Waals surface area contributed by atoms with E-state index in [1.807, 2.05) is 0 Å². The highest BCUT2D eigenvalue weighted by Crippen LogP contribution is 2.10. The number of unbranched alkanes of at least 4 members (excludes halogenated alkanes) is 14. The smallest absolute Gasteiger partial charge is 0.242 e. The van der Waals surface area contributed by atoms with Crippen LogP contribution in [0.4, 0.5) is 0 Å². The number of carbonyl (C=O) groups is 2. The normalized spacial score (nSPS) is 11.7. The molecule has 1 unspecified atom stereocenters. The third-order valence-electron chi connectivity index (χ3n) is 6.18. The van der Waals surface area contributed by atoms with Gasteiger partial charge in [0.2, 0.25) is 11.8 Å². The van der Waals surface area contributed by atoms with E-state index in [9.17, 15) is 9.59 Å². The Labute approximate surface area is 209 Å². The number of hydrogen-bond donors (Lipinski definition) is 4. The Hall–Kier alpha value is -1.79. The first kappa shape index (κ1) is 32.2. The van der Waals surface area contributed by atoms with Gasteiger partial charge in [-0.3, -0.25) is 14.6 Å². The molecule has 6 N–H and O–H groups in total. The summed E-state index contributed by atoms with van der Waals surface area (Å²) in [6.45, 7) is 5.66. The highest BCUT2D eigenvalue weighted by atomic mass is 16.2. The molecule has 0 saturated carbocycles. The minimum atomic E-state index is -0.481. The summed E-state index contributed by atoms with van der Waals surface area (Å²) < 4.78 is 0. The van der Waals surface area contributed by atoms with Gasteiger partial charge in [0.05, 0.1) is 0 Å². The molecule has 0 spiro atoms. The lowest BCUT2D eigenvalue weighted by atomic mass is 10.1. The molecule has 0 aliphatic carbocycles. The Morgan fingerprint density at radius 2 is 1.24 bits per heavy atom. The number of nitrogens with two attached hydrogens (primary N) is 2. The summed E-state index contributed by atoms with van der Waals surface area (Å²) in [4.78, 5) is 29.2. The summed E-state index contributed by atoms with van der Waals surface area (Å²) in [5.41, 5.74) is 10.7. The zero-order valence-electron chi connectivity index (χ0n) is 22.3. The second kappa shape index (κ2) is 24.3. The molecule has 0 aliphatic heterocycles. The van der Waals surface area contributed by atoms with Crippen molar-refractivity contribution in [3.63, 3.8) is 0 Å². The molecule has 0 fully saturated rings. The second-order valence-corrected chi connectivity index (χ2v) is 9.56. The number of hydrogen-bond acceptors (Lipinski definition) is 3. The van der Waals surface area contributed by atoms with Gasteiger partial charge >= 0.3 is 0 Å². The summed E-state index contributed by atoms with van der Waals surface area (Å²) in [5, 5.41) is 6.01. The third-order valence-corrected chi connectivity index (χ3v) is 6.18. The van der Waals surface area contributed by atoms with Crippen molar-refractivity contribution in [1.29, 1.82) is 0 Å². The van der Waals surface area contributed by atoms with Crippen molar-refractivity contribution < 1.29 is 9.59 Å². The van der Waals surface area contributed by atoms with Gasteiger partial charge in [-0.05, 0) is 32.1 Å². The van der Waals surface area contributed by atoms with Gasteiger partial charge in [0.25, 0.3) is 0 Å². The van der Waals surface area contributed by atoms with Crippen LogP contribution in [0.15, 0.2) is 4.99 Å². The average molecular weight is 482 g/mol. The van der Waals surface area contributed by atoms with Crippen LogP contribution in [0.2, 0.25) is 0 Å². The van der Waals surface area contributed by atoms with Crippen LogP contribution in [0, 0.1) is 0 Å². The number of rotatable bonds is 24. The monoisotopic (exact) mass is 481 g/mol. The predicted octanol–water partition coefficient (Wildman–Crippen LogP) is 5.31. The Morgan fingerprint density at radius 3 is 1.79 bits per heavy atom. The minimum absolute atomic E-state index is 0.0231. The quantitative estimate of drug-likeness (QED) is 0.0847. The molecule has 0 saturated heterocycles. The molecule has 0 rings (SSSR count). The number of guanidine groups is 1. The fraction of sp³-hybridized carbons (Fsp3) is 0.889. The maximum Gasteiger partial charge on any atom is 0.242 e. The summed E-state index contributed by atoms with van der Waals surface area (Å²) in [7, 11) is 0.